The molecule has 1 fully saturated rings. The van der Waals surface area contributed by atoms with Crippen molar-refractivity contribution in [1.29, 1.82) is 0 Å². The minimum absolute atomic E-state index is 0.0283. The van der Waals surface area contributed by atoms with Crippen LogP contribution in [-0.4, -0.2) is 55.7 Å². The molecule has 0 bridgehead atoms. The molecule has 1 saturated heterocycles. The number of ether oxygens (including phenoxy) is 2. The van der Waals surface area contributed by atoms with E-state index in [-0.39, 0.29) is 17.9 Å². The van der Waals surface area contributed by atoms with E-state index in [1.165, 1.54) is 0 Å². The monoisotopic (exact) mass is 408 g/mol. The lowest BCUT2D eigenvalue weighted by Crippen LogP contribution is -2.45. The molecule has 2 N–H and O–H groups in total. The molecule has 1 atom stereocenters. The van der Waals surface area contributed by atoms with E-state index in [9.17, 15) is 4.79 Å². The fraction of sp³-hybridized carbons (Fsp3) is 0.600. The number of amides is 1. The lowest BCUT2D eigenvalue weighted by atomic mass is 10.2. The highest BCUT2D eigenvalue weighted by molar-refractivity contribution is 6.32. The summed E-state index contributed by atoms with van der Waals surface area (Å²) < 4.78 is 11.2. The zero-order chi connectivity index (χ0) is 20.1. The number of likely N-dealkylation sites (tertiary alicyclic amines) is 1. The van der Waals surface area contributed by atoms with Gasteiger partial charge in [0.1, 0.15) is 13.2 Å². The van der Waals surface area contributed by atoms with Crippen LogP contribution in [-0.2, 0) is 11.3 Å². The van der Waals surface area contributed by atoms with Gasteiger partial charge in [-0.15, -0.1) is 0 Å². The Labute approximate surface area is 171 Å². The first-order valence-electron chi connectivity index (χ1n) is 9.89. The number of halogens is 1. The van der Waals surface area contributed by atoms with Gasteiger partial charge < -0.3 is 25.0 Å². The largest absolute Gasteiger partial charge is 0.486 e. The first-order chi connectivity index (χ1) is 13.5. The van der Waals surface area contributed by atoms with Crippen molar-refractivity contribution in [3.8, 4) is 11.5 Å². The van der Waals surface area contributed by atoms with Gasteiger partial charge in [-0.3, -0.25) is 4.79 Å². The maximum Gasteiger partial charge on any atom is 0.225 e. The second kappa shape index (κ2) is 9.37. The predicted octanol–water partition coefficient (Wildman–Crippen LogP) is 2.42. The van der Waals surface area contributed by atoms with Gasteiger partial charge in [0, 0.05) is 31.6 Å². The summed E-state index contributed by atoms with van der Waals surface area (Å²) in [6.45, 7) is 9.65. The second-order valence-electron chi connectivity index (χ2n) is 7.37. The SMILES string of the molecule is CCNC(=NCc1cc(Cl)c2c(c1)OCCO2)NC1CCN(C(=O)C(C)C)C1. The standard InChI is InChI=1S/C20H29ClN4O3/c1-4-22-20(24-15-5-6-25(12-15)19(26)13(2)3)23-11-14-9-16(21)18-17(10-14)27-7-8-28-18/h9-10,13,15H,4-8,11-12H2,1-3H3,(H2,22,23,24). The highest BCUT2D eigenvalue weighted by Crippen LogP contribution is 2.38. The molecule has 0 spiro atoms. The zero-order valence-electron chi connectivity index (χ0n) is 16.8. The van der Waals surface area contributed by atoms with Crippen molar-refractivity contribution in [1.82, 2.24) is 15.5 Å². The first-order valence-corrected chi connectivity index (χ1v) is 10.3. The topological polar surface area (TPSA) is 75.2 Å². The Morgan fingerprint density at radius 1 is 1.36 bits per heavy atom. The fourth-order valence-corrected chi connectivity index (χ4v) is 3.67. The number of hydrogen-bond donors (Lipinski definition) is 2. The number of guanidine groups is 1. The van der Waals surface area contributed by atoms with Gasteiger partial charge in [0.05, 0.1) is 11.6 Å². The van der Waals surface area contributed by atoms with Crippen LogP contribution in [0.1, 0.15) is 32.8 Å². The van der Waals surface area contributed by atoms with Gasteiger partial charge in [0.25, 0.3) is 0 Å². The van der Waals surface area contributed by atoms with Crippen LogP contribution in [0.15, 0.2) is 17.1 Å². The average molecular weight is 409 g/mol. The molecule has 0 saturated carbocycles. The summed E-state index contributed by atoms with van der Waals surface area (Å²) in [5.41, 5.74) is 0.953. The van der Waals surface area contributed by atoms with E-state index in [1.807, 2.05) is 37.8 Å². The molecule has 8 heteroatoms. The van der Waals surface area contributed by atoms with Gasteiger partial charge in [-0.1, -0.05) is 25.4 Å². The molecule has 2 aliphatic rings. The maximum absolute atomic E-state index is 12.2. The molecular formula is C20H29ClN4O3. The molecule has 3 rings (SSSR count). The third-order valence-electron chi connectivity index (χ3n) is 4.76. The van der Waals surface area contributed by atoms with Crippen LogP contribution in [0.5, 0.6) is 11.5 Å². The van der Waals surface area contributed by atoms with Crippen molar-refractivity contribution in [2.45, 2.75) is 39.8 Å². The van der Waals surface area contributed by atoms with Crippen molar-refractivity contribution in [2.24, 2.45) is 10.9 Å². The number of nitrogens with one attached hydrogen (secondary N) is 2. The molecule has 28 heavy (non-hydrogen) atoms. The van der Waals surface area contributed by atoms with Gasteiger partial charge in [-0.2, -0.15) is 0 Å². The van der Waals surface area contributed by atoms with Gasteiger partial charge in [0.2, 0.25) is 5.91 Å². The minimum Gasteiger partial charge on any atom is -0.486 e. The number of aliphatic imine (C=N–C) groups is 1. The maximum atomic E-state index is 12.2. The Balaban J connectivity index is 1.63. The molecule has 2 heterocycles. The molecule has 1 amide bonds. The first kappa shape index (κ1) is 20.6. The van der Waals surface area contributed by atoms with Crippen LogP contribution in [0.4, 0.5) is 0 Å². The Kier molecular flexibility index (Phi) is 6.88. The van der Waals surface area contributed by atoms with E-state index in [0.29, 0.717) is 42.8 Å². The number of hydrogen-bond acceptors (Lipinski definition) is 4. The molecular weight excluding hydrogens is 380 g/mol. The highest BCUT2D eigenvalue weighted by atomic mass is 35.5. The van der Waals surface area contributed by atoms with Gasteiger partial charge >= 0.3 is 0 Å². The van der Waals surface area contributed by atoms with Crippen LogP contribution in [0.25, 0.3) is 0 Å². The third-order valence-corrected chi connectivity index (χ3v) is 5.04. The van der Waals surface area contributed by atoms with Gasteiger partial charge in [-0.25, -0.2) is 4.99 Å². The summed E-state index contributed by atoms with van der Waals surface area (Å²) >= 11 is 6.31. The second-order valence-corrected chi connectivity index (χ2v) is 7.77. The number of carbonyl (C=O) groups excluding carboxylic acids is 1. The number of fused-ring (bicyclic) bond motifs is 1. The van der Waals surface area contributed by atoms with Gasteiger partial charge in [0.15, 0.2) is 17.5 Å². The number of rotatable bonds is 5. The quantitative estimate of drug-likeness (QED) is 0.578. The summed E-state index contributed by atoms with van der Waals surface area (Å²) in [5, 5.41) is 7.25. The predicted molar refractivity (Wildman–Crippen MR) is 110 cm³/mol. The lowest BCUT2D eigenvalue weighted by Gasteiger charge is -2.21. The van der Waals surface area contributed by atoms with Crippen LogP contribution < -0.4 is 20.1 Å². The van der Waals surface area contributed by atoms with E-state index in [4.69, 9.17) is 21.1 Å². The third kappa shape index (κ3) is 5.01. The van der Waals surface area contributed by atoms with Crippen LogP contribution in [0.2, 0.25) is 5.02 Å². The fourth-order valence-electron chi connectivity index (χ4n) is 3.38. The van der Waals surface area contributed by atoms with E-state index in [0.717, 1.165) is 31.0 Å². The Hall–Kier alpha value is -2.15. The Bertz CT molecular complexity index is 738. The smallest absolute Gasteiger partial charge is 0.225 e. The number of nitrogens with zero attached hydrogens (tertiary/aromatic N) is 2. The van der Waals surface area contributed by atoms with Crippen molar-refractivity contribution in [2.75, 3.05) is 32.8 Å². The van der Waals surface area contributed by atoms with E-state index < -0.39 is 0 Å². The summed E-state index contributed by atoms with van der Waals surface area (Å²) in [4.78, 5) is 18.8. The minimum atomic E-state index is 0.0283. The van der Waals surface area contributed by atoms with Crippen LogP contribution in [0.3, 0.4) is 0 Å². The van der Waals surface area contributed by atoms with Crippen molar-refractivity contribution >= 4 is 23.5 Å². The molecule has 7 nitrogen and oxygen atoms in total. The lowest BCUT2D eigenvalue weighted by molar-refractivity contribution is -0.133. The molecule has 0 aliphatic carbocycles. The summed E-state index contributed by atoms with van der Waals surface area (Å²) in [6, 6.07) is 3.98. The molecule has 1 aromatic rings. The summed E-state index contributed by atoms with van der Waals surface area (Å²) in [5.74, 6) is 2.24. The van der Waals surface area contributed by atoms with Gasteiger partial charge in [-0.05, 0) is 31.0 Å². The van der Waals surface area contributed by atoms with E-state index in [1.54, 1.807) is 0 Å². The summed E-state index contributed by atoms with van der Waals surface area (Å²) in [7, 11) is 0. The van der Waals surface area contributed by atoms with Crippen LogP contribution >= 0.6 is 11.6 Å². The Morgan fingerprint density at radius 3 is 2.89 bits per heavy atom. The molecule has 154 valence electrons. The van der Waals surface area contributed by atoms with Crippen molar-refractivity contribution in [3.63, 3.8) is 0 Å². The summed E-state index contributed by atoms with van der Waals surface area (Å²) in [6.07, 6.45) is 0.915. The molecule has 0 aromatic heterocycles. The zero-order valence-corrected chi connectivity index (χ0v) is 17.5. The van der Waals surface area contributed by atoms with Crippen molar-refractivity contribution < 1.29 is 14.3 Å². The van der Waals surface area contributed by atoms with E-state index >= 15 is 0 Å². The molecule has 0 radical (unpaired) electrons. The number of carbonyl (C=O) groups is 1. The molecule has 1 unspecified atom stereocenters. The molecule has 2 aliphatic heterocycles. The highest BCUT2D eigenvalue weighted by Gasteiger charge is 2.28. The normalized spacial score (nSPS) is 19.1. The Morgan fingerprint density at radius 2 is 2.14 bits per heavy atom. The van der Waals surface area contributed by atoms with Crippen molar-refractivity contribution in [3.05, 3.63) is 22.7 Å². The van der Waals surface area contributed by atoms with E-state index in [2.05, 4.69) is 15.6 Å². The number of benzene rings is 1. The van der Waals surface area contributed by atoms with Crippen LogP contribution in [0, 0.1) is 5.92 Å². The average Bonchev–Trinajstić information content (AvgIpc) is 3.14. The molecule has 1 aromatic carbocycles.